The van der Waals surface area contributed by atoms with Crippen molar-refractivity contribution in [1.82, 2.24) is 9.71 Å². The van der Waals surface area contributed by atoms with Gasteiger partial charge in [0.1, 0.15) is 4.90 Å². The Balaban J connectivity index is 1.62. The largest absolute Gasteiger partial charge is 0.298 e. The third-order valence-electron chi connectivity index (χ3n) is 4.75. The fraction of sp³-hybridized carbons (Fsp3) is 0.263. The number of para-hydroxylation sites is 1. The summed E-state index contributed by atoms with van der Waals surface area (Å²) in [4.78, 5) is 16.9. The van der Waals surface area contributed by atoms with E-state index in [2.05, 4.69) is 15.0 Å². The van der Waals surface area contributed by atoms with E-state index in [9.17, 15) is 13.2 Å². The second kappa shape index (κ2) is 8.20. The van der Waals surface area contributed by atoms with Gasteiger partial charge in [0.15, 0.2) is 5.13 Å². The number of carbonyl (C=O) groups is 1. The van der Waals surface area contributed by atoms with E-state index in [1.54, 1.807) is 0 Å². The summed E-state index contributed by atoms with van der Waals surface area (Å²) in [5.41, 5.74) is 0.779. The number of fused-ring (bicyclic) bond motifs is 1. The molecule has 29 heavy (non-hydrogen) atoms. The van der Waals surface area contributed by atoms with Gasteiger partial charge in [-0.3, -0.25) is 10.1 Å². The zero-order valence-corrected chi connectivity index (χ0v) is 18.3. The van der Waals surface area contributed by atoms with Crippen molar-refractivity contribution in [2.75, 3.05) is 5.32 Å². The van der Waals surface area contributed by atoms with Crippen molar-refractivity contribution in [3.8, 4) is 0 Å². The molecule has 0 radical (unpaired) electrons. The summed E-state index contributed by atoms with van der Waals surface area (Å²) in [7, 11) is -3.87. The Kier molecular flexibility index (Phi) is 5.81. The maximum Gasteiger partial charge on any atom is 0.259 e. The van der Waals surface area contributed by atoms with Crippen LogP contribution in [0.4, 0.5) is 5.13 Å². The van der Waals surface area contributed by atoms with E-state index < -0.39 is 15.9 Å². The van der Waals surface area contributed by atoms with Gasteiger partial charge < -0.3 is 0 Å². The van der Waals surface area contributed by atoms with E-state index in [1.165, 1.54) is 23.5 Å². The second-order valence-electron chi connectivity index (χ2n) is 6.81. The Bertz CT molecular complexity index is 1160. The van der Waals surface area contributed by atoms with Crippen LogP contribution in [-0.2, 0) is 10.0 Å². The van der Waals surface area contributed by atoms with Crippen LogP contribution in [0.5, 0.6) is 0 Å². The van der Waals surface area contributed by atoms with E-state index in [0.717, 1.165) is 35.9 Å². The van der Waals surface area contributed by atoms with Crippen LogP contribution in [0.3, 0.4) is 0 Å². The number of hydrogen-bond donors (Lipinski definition) is 2. The molecule has 0 aliphatic heterocycles. The average molecular weight is 470 g/mol. The normalized spacial score (nSPS) is 15.1. The number of benzene rings is 2. The molecule has 1 heterocycles. The number of nitrogens with one attached hydrogen (secondary N) is 2. The zero-order chi connectivity index (χ0) is 20.6. The number of nitrogens with zero attached hydrogens (tertiary/aromatic N) is 1. The average Bonchev–Trinajstić information content (AvgIpc) is 3.29. The highest BCUT2D eigenvalue weighted by Gasteiger charge is 2.27. The van der Waals surface area contributed by atoms with Gasteiger partial charge >= 0.3 is 0 Å². The van der Waals surface area contributed by atoms with E-state index in [0.29, 0.717) is 5.13 Å². The van der Waals surface area contributed by atoms with E-state index in [1.807, 2.05) is 24.3 Å². The van der Waals surface area contributed by atoms with Crippen molar-refractivity contribution < 1.29 is 13.2 Å². The van der Waals surface area contributed by atoms with Crippen molar-refractivity contribution in [1.29, 1.82) is 0 Å². The van der Waals surface area contributed by atoms with Crippen LogP contribution < -0.4 is 10.0 Å². The van der Waals surface area contributed by atoms with E-state index in [-0.39, 0.29) is 26.5 Å². The lowest BCUT2D eigenvalue weighted by atomic mass is 10.2. The molecule has 152 valence electrons. The number of sulfonamides is 1. The Morgan fingerprint density at radius 3 is 2.55 bits per heavy atom. The van der Waals surface area contributed by atoms with Crippen molar-refractivity contribution in [2.24, 2.45) is 0 Å². The molecule has 0 bridgehead atoms. The molecular formula is C19H17Cl2N3O3S2. The molecule has 0 spiro atoms. The Hall–Kier alpha value is -1.71. The number of carbonyl (C=O) groups excluding carboxylic acids is 1. The fourth-order valence-electron chi connectivity index (χ4n) is 3.33. The fourth-order valence-corrected chi connectivity index (χ4v) is 6.35. The quantitative estimate of drug-likeness (QED) is 0.545. The molecule has 2 N–H and O–H groups in total. The first-order valence-electron chi connectivity index (χ1n) is 9.02. The van der Waals surface area contributed by atoms with Gasteiger partial charge in [0.25, 0.3) is 5.91 Å². The van der Waals surface area contributed by atoms with Crippen LogP contribution >= 0.6 is 34.5 Å². The van der Waals surface area contributed by atoms with Crippen molar-refractivity contribution in [3.63, 3.8) is 0 Å². The van der Waals surface area contributed by atoms with Gasteiger partial charge in [-0.15, -0.1) is 0 Å². The van der Waals surface area contributed by atoms with Crippen molar-refractivity contribution >= 4 is 65.8 Å². The van der Waals surface area contributed by atoms with Gasteiger partial charge in [-0.1, -0.05) is 59.5 Å². The highest BCUT2D eigenvalue weighted by atomic mass is 35.5. The summed E-state index contributed by atoms with van der Waals surface area (Å²) in [6.07, 6.45) is 3.54. The van der Waals surface area contributed by atoms with Crippen LogP contribution in [0.1, 0.15) is 36.0 Å². The smallest absolute Gasteiger partial charge is 0.259 e. The zero-order valence-electron chi connectivity index (χ0n) is 15.1. The number of aromatic nitrogens is 1. The molecule has 0 saturated heterocycles. The minimum absolute atomic E-state index is 0.0159. The number of rotatable bonds is 5. The summed E-state index contributed by atoms with van der Waals surface area (Å²) in [6.45, 7) is 0. The van der Waals surface area contributed by atoms with Crippen LogP contribution in [0.15, 0.2) is 41.3 Å². The van der Waals surface area contributed by atoms with Crippen LogP contribution in [-0.4, -0.2) is 25.4 Å². The molecule has 4 rings (SSSR count). The van der Waals surface area contributed by atoms with Crippen LogP contribution in [0.25, 0.3) is 10.2 Å². The molecule has 1 amide bonds. The summed E-state index contributed by atoms with van der Waals surface area (Å²) in [6, 6.07) is 9.86. The summed E-state index contributed by atoms with van der Waals surface area (Å²) in [5.74, 6) is -0.553. The highest BCUT2D eigenvalue weighted by Crippen LogP contribution is 2.31. The number of thiazole rings is 1. The van der Waals surface area contributed by atoms with Gasteiger partial charge in [-0.25, -0.2) is 18.1 Å². The minimum atomic E-state index is -3.87. The predicted molar refractivity (Wildman–Crippen MR) is 117 cm³/mol. The molecule has 3 aromatic rings. The lowest BCUT2D eigenvalue weighted by Crippen LogP contribution is -2.33. The SMILES string of the molecule is O=C(Nc1nc2ccccc2s1)c1cc(S(=O)(=O)NC2CCCC2)c(Cl)cc1Cl. The van der Waals surface area contributed by atoms with Gasteiger partial charge in [0, 0.05) is 6.04 Å². The van der Waals surface area contributed by atoms with Crippen molar-refractivity contribution in [2.45, 2.75) is 36.6 Å². The Morgan fingerprint density at radius 1 is 1.10 bits per heavy atom. The van der Waals surface area contributed by atoms with E-state index >= 15 is 0 Å². The van der Waals surface area contributed by atoms with Crippen molar-refractivity contribution in [3.05, 3.63) is 52.0 Å². The molecule has 1 fully saturated rings. The minimum Gasteiger partial charge on any atom is -0.298 e. The lowest BCUT2D eigenvalue weighted by molar-refractivity contribution is 0.102. The standard InChI is InChI=1S/C19H17Cl2N3O3S2/c20-13-10-14(21)17(29(26,27)24-11-5-1-2-6-11)9-12(13)18(25)23-19-22-15-7-3-4-8-16(15)28-19/h3-4,7-11,24H,1-2,5-6H2,(H,22,23,25). The maximum absolute atomic E-state index is 12.8. The molecule has 0 atom stereocenters. The molecule has 0 unspecified atom stereocenters. The molecule has 10 heteroatoms. The first-order valence-corrected chi connectivity index (χ1v) is 12.1. The number of anilines is 1. The Labute approximate surface area is 182 Å². The summed E-state index contributed by atoms with van der Waals surface area (Å²) < 4.78 is 29.2. The van der Waals surface area contributed by atoms with Crippen LogP contribution in [0, 0.1) is 0 Å². The topological polar surface area (TPSA) is 88.2 Å². The summed E-state index contributed by atoms with van der Waals surface area (Å²) in [5, 5.41) is 3.12. The van der Waals surface area contributed by atoms with E-state index in [4.69, 9.17) is 23.2 Å². The van der Waals surface area contributed by atoms with Gasteiger partial charge in [-0.05, 0) is 37.1 Å². The number of hydrogen-bond acceptors (Lipinski definition) is 5. The third-order valence-corrected chi connectivity index (χ3v) is 8.00. The highest BCUT2D eigenvalue weighted by molar-refractivity contribution is 7.89. The van der Waals surface area contributed by atoms with Crippen LogP contribution in [0.2, 0.25) is 10.0 Å². The maximum atomic E-state index is 12.8. The lowest BCUT2D eigenvalue weighted by Gasteiger charge is -2.15. The molecule has 1 aromatic heterocycles. The molecule has 2 aromatic carbocycles. The molecule has 6 nitrogen and oxygen atoms in total. The Morgan fingerprint density at radius 2 is 1.83 bits per heavy atom. The first-order chi connectivity index (χ1) is 13.8. The van der Waals surface area contributed by atoms with Gasteiger partial charge in [0.2, 0.25) is 10.0 Å². The first kappa shape index (κ1) is 20.6. The molecule has 1 aliphatic rings. The van der Waals surface area contributed by atoms with Gasteiger partial charge in [0.05, 0.1) is 25.8 Å². The predicted octanol–water partition coefficient (Wildman–Crippen LogP) is 5.08. The monoisotopic (exact) mass is 469 g/mol. The number of amides is 1. The second-order valence-corrected chi connectivity index (χ2v) is 10.3. The van der Waals surface area contributed by atoms with Gasteiger partial charge in [-0.2, -0.15) is 0 Å². The summed E-state index contributed by atoms with van der Waals surface area (Å²) >= 11 is 13.6. The molecular weight excluding hydrogens is 453 g/mol. The number of halogens is 2. The third kappa shape index (κ3) is 4.41. The molecule has 1 saturated carbocycles. The molecule has 1 aliphatic carbocycles.